The average molecular weight is 154 g/mol. The Morgan fingerprint density at radius 1 is 1.45 bits per heavy atom. The number of hydrogen-bond acceptors (Lipinski definition) is 2. The highest BCUT2D eigenvalue weighted by Gasteiger charge is 2.58. The molecule has 0 amide bonds. The fourth-order valence-electron chi connectivity index (χ4n) is 2.83. The van der Waals surface area contributed by atoms with Crippen molar-refractivity contribution in [3.05, 3.63) is 0 Å². The average Bonchev–Trinajstić information content (AvgIpc) is 2.27. The van der Waals surface area contributed by atoms with Crippen molar-refractivity contribution in [3.63, 3.8) is 0 Å². The highest BCUT2D eigenvalue weighted by atomic mass is 16.3. The van der Waals surface area contributed by atoms with Gasteiger partial charge in [-0.05, 0) is 24.2 Å². The SMILES string of the molecule is CC1(C)[C@@H]2CC[C@H]1C(=O)[C@@H]2O. The Balaban J connectivity index is 2.39. The van der Waals surface area contributed by atoms with Crippen molar-refractivity contribution in [3.8, 4) is 0 Å². The summed E-state index contributed by atoms with van der Waals surface area (Å²) in [4.78, 5) is 11.3. The van der Waals surface area contributed by atoms with Crippen LogP contribution < -0.4 is 0 Å². The van der Waals surface area contributed by atoms with Gasteiger partial charge in [-0.15, -0.1) is 0 Å². The van der Waals surface area contributed by atoms with Gasteiger partial charge in [-0.3, -0.25) is 4.79 Å². The summed E-state index contributed by atoms with van der Waals surface area (Å²) in [6.07, 6.45) is 1.38. The molecule has 62 valence electrons. The highest BCUT2D eigenvalue weighted by Crippen LogP contribution is 2.55. The molecule has 0 saturated heterocycles. The molecule has 1 N–H and O–H groups in total. The third-order valence-corrected chi connectivity index (χ3v) is 3.64. The number of hydrogen-bond donors (Lipinski definition) is 1. The molecule has 2 rings (SSSR count). The fourth-order valence-corrected chi connectivity index (χ4v) is 2.83. The van der Waals surface area contributed by atoms with Crippen LogP contribution in [0, 0.1) is 17.3 Å². The van der Waals surface area contributed by atoms with Gasteiger partial charge in [-0.2, -0.15) is 0 Å². The summed E-state index contributed by atoms with van der Waals surface area (Å²) in [7, 11) is 0. The summed E-state index contributed by atoms with van der Waals surface area (Å²) in [5, 5.41) is 9.47. The first-order chi connectivity index (χ1) is 5.05. The zero-order chi connectivity index (χ0) is 8.22. The standard InChI is InChI=1S/C9H14O2/c1-9(2)5-3-4-6(9)8(11)7(5)10/h5-7,10H,3-4H2,1-2H3/t5-,6+,7-/m1/s1. The molecule has 0 unspecified atom stereocenters. The lowest BCUT2D eigenvalue weighted by molar-refractivity contribution is -0.130. The molecule has 2 aliphatic carbocycles. The van der Waals surface area contributed by atoms with Gasteiger partial charge in [0, 0.05) is 5.92 Å². The van der Waals surface area contributed by atoms with E-state index in [1.165, 1.54) is 0 Å². The molecule has 0 aliphatic heterocycles. The van der Waals surface area contributed by atoms with Crippen molar-refractivity contribution in [1.29, 1.82) is 0 Å². The number of rotatable bonds is 0. The molecule has 2 aliphatic rings. The largest absolute Gasteiger partial charge is 0.385 e. The first kappa shape index (κ1) is 7.29. The Morgan fingerprint density at radius 3 is 2.36 bits per heavy atom. The van der Waals surface area contributed by atoms with Gasteiger partial charge < -0.3 is 5.11 Å². The van der Waals surface area contributed by atoms with E-state index in [1.54, 1.807) is 0 Å². The highest BCUT2D eigenvalue weighted by molar-refractivity contribution is 5.89. The molecule has 0 aromatic heterocycles. The Morgan fingerprint density at radius 2 is 2.09 bits per heavy atom. The third-order valence-electron chi connectivity index (χ3n) is 3.64. The molecular weight excluding hydrogens is 140 g/mol. The van der Waals surface area contributed by atoms with Crippen LogP contribution in [0.15, 0.2) is 0 Å². The third kappa shape index (κ3) is 0.684. The van der Waals surface area contributed by atoms with E-state index in [2.05, 4.69) is 13.8 Å². The number of carbonyl (C=O) groups excluding carboxylic acids is 1. The van der Waals surface area contributed by atoms with Gasteiger partial charge in [-0.25, -0.2) is 0 Å². The van der Waals surface area contributed by atoms with Crippen LogP contribution in [0.5, 0.6) is 0 Å². The van der Waals surface area contributed by atoms with Crippen molar-refractivity contribution in [2.24, 2.45) is 17.3 Å². The normalized spacial score (nSPS) is 46.8. The quantitative estimate of drug-likeness (QED) is 0.564. The lowest BCUT2D eigenvalue weighted by atomic mass is 9.82. The van der Waals surface area contributed by atoms with Gasteiger partial charge in [0.1, 0.15) is 6.10 Å². The minimum atomic E-state index is -0.649. The molecule has 3 atom stereocenters. The number of aliphatic hydroxyl groups excluding tert-OH is 1. The molecule has 2 nitrogen and oxygen atoms in total. The maximum Gasteiger partial charge on any atom is 0.165 e. The van der Waals surface area contributed by atoms with E-state index >= 15 is 0 Å². The van der Waals surface area contributed by atoms with Gasteiger partial charge in [-0.1, -0.05) is 13.8 Å². The Bertz CT molecular complexity index is 208. The lowest BCUT2D eigenvalue weighted by Gasteiger charge is -2.22. The topological polar surface area (TPSA) is 37.3 Å². The zero-order valence-corrected chi connectivity index (χ0v) is 7.00. The van der Waals surface area contributed by atoms with Crippen molar-refractivity contribution < 1.29 is 9.90 Å². The Labute approximate surface area is 66.6 Å². The van der Waals surface area contributed by atoms with E-state index in [0.29, 0.717) is 0 Å². The molecule has 2 bridgehead atoms. The van der Waals surface area contributed by atoms with Gasteiger partial charge in [0.15, 0.2) is 5.78 Å². The lowest BCUT2D eigenvalue weighted by Crippen LogP contribution is -2.26. The molecule has 2 saturated carbocycles. The maximum atomic E-state index is 11.3. The minimum absolute atomic E-state index is 0.0660. The first-order valence-electron chi connectivity index (χ1n) is 4.27. The van der Waals surface area contributed by atoms with Crippen LogP contribution in [0.25, 0.3) is 0 Å². The molecule has 2 fully saturated rings. The second kappa shape index (κ2) is 1.86. The van der Waals surface area contributed by atoms with E-state index in [-0.39, 0.29) is 23.0 Å². The van der Waals surface area contributed by atoms with E-state index in [9.17, 15) is 9.90 Å². The predicted octanol–water partition coefficient (Wildman–Crippen LogP) is 0.982. The van der Waals surface area contributed by atoms with Crippen molar-refractivity contribution in [2.45, 2.75) is 32.8 Å². The van der Waals surface area contributed by atoms with Crippen molar-refractivity contribution in [2.75, 3.05) is 0 Å². The molecule has 11 heavy (non-hydrogen) atoms. The van der Waals surface area contributed by atoms with E-state index in [4.69, 9.17) is 0 Å². The molecule has 0 spiro atoms. The Hall–Kier alpha value is -0.370. The molecule has 0 heterocycles. The summed E-state index contributed by atoms with van der Waals surface area (Å²) >= 11 is 0. The van der Waals surface area contributed by atoms with Crippen LogP contribution in [0.2, 0.25) is 0 Å². The number of fused-ring (bicyclic) bond motifs is 2. The summed E-state index contributed by atoms with van der Waals surface area (Å²) < 4.78 is 0. The maximum absolute atomic E-state index is 11.3. The first-order valence-corrected chi connectivity index (χ1v) is 4.27. The molecule has 0 aromatic carbocycles. The number of carbonyl (C=O) groups is 1. The van der Waals surface area contributed by atoms with Gasteiger partial charge in [0.05, 0.1) is 0 Å². The smallest absolute Gasteiger partial charge is 0.165 e. The second-order valence-electron chi connectivity index (χ2n) is 4.41. The van der Waals surface area contributed by atoms with Crippen LogP contribution in [0.3, 0.4) is 0 Å². The van der Waals surface area contributed by atoms with Crippen molar-refractivity contribution in [1.82, 2.24) is 0 Å². The molecule has 2 heteroatoms. The van der Waals surface area contributed by atoms with E-state index in [0.717, 1.165) is 12.8 Å². The number of ketones is 1. The van der Waals surface area contributed by atoms with Crippen LogP contribution in [0.4, 0.5) is 0 Å². The van der Waals surface area contributed by atoms with E-state index < -0.39 is 6.10 Å². The van der Waals surface area contributed by atoms with Crippen LogP contribution in [-0.2, 0) is 4.79 Å². The number of Topliss-reactive ketones (excluding diaryl/α,β-unsaturated/α-hetero) is 1. The van der Waals surface area contributed by atoms with Crippen LogP contribution in [-0.4, -0.2) is 17.0 Å². The predicted molar refractivity (Wildman–Crippen MR) is 41.0 cm³/mol. The van der Waals surface area contributed by atoms with E-state index in [1.807, 2.05) is 0 Å². The zero-order valence-electron chi connectivity index (χ0n) is 7.00. The summed E-state index contributed by atoms with van der Waals surface area (Å²) in [5.41, 5.74) is 0.0660. The Kier molecular flexibility index (Phi) is 1.23. The van der Waals surface area contributed by atoms with Gasteiger partial charge in [0.2, 0.25) is 0 Å². The van der Waals surface area contributed by atoms with Crippen LogP contribution in [0.1, 0.15) is 26.7 Å². The molecule has 0 aromatic rings. The summed E-state index contributed by atoms with van der Waals surface area (Å²) in [6.45, 7) is 4.20. The number of aliphatic hydroxyl groups is 1. The minimum Gasteiger partial charge on any atom is -0.385 e. The summed E-state index contributed by atoms with van der Waals surface area (Å²) in [6, 6.07) is 0. The van der Waals surface area contributed by atoms with Gasteiger partial charge >= 0.3 is 0 Å². The second-order valence-corrected chi connectivity index (χ2v) is 4.41. The fraction of sp³-hybridized carbons (Fsp3) is 0.889. The monoisotopic (exact) mass is 154 g/mol. The van der Waals surface area contributed by atoms with Crippen molar-refractivity contribution >= 4 is 5.78 Å². The molecular formula is C9H14O2. The van der Waals surface area contributed by atoms with Crippen LogP contribution >= 0.6 is 0 Å². The summed E-state index contributed by atoms with van der Waals surface area (Å²) in [5.74, 6) is 0.466. The molecule has 0 radical (unpaired) electrons. The van der Waals surface area contributed by atoms with Gasteiger partial charge in [0.25, 0.3) is 0 Å².